The minimum atomic E-state index is -0.529. The van der Waals surface area contributed by atoms with Crippen molar-refractivity contribution in [3.05, 3.63) is 53.4 Å². The van der Waals surface area contributed by atoms with E-state index in [-0.39, 0.29) is 12.5 Å². The second-order valence-corrected chi connectivity index (χ2v) is 6.85. The monoisotopic (exact) mass is 382 g/mol. The van der Waals surface area contributed by atoms with Gasteiger partial charge in [0.2, 0.25) is 0 Å². The molecule has 1 amide bonds. The van der Waals surface area contributed by atoms with E-state index in [1.165, 1.54) is 6.08 Å². The molecule has 1 fully saturated rings. The van der Waals surface area contributed by atoms with Crippen molar-refractivity contribution in [2.75, 3.05) is 37.7 Å². The average molecular weight is 382 g/mol. The van der Waals surface area contributed by atoms with Crippen LogP contribution in [-0.4, -0.2) is 59.3 Å². The van der Waals surface area contributed by atoms with Gasteiger partial charge in [0.05, 0.1) is 5.69 Å². The lowest BCUT2D eigenvalue weighted by atomic mass is 10.2. The van der Waals surface area contributed by atoms with Crippen LogP contribution in [0.5, 0.6) is 0 Å². The maximum atomic E-state index is 12.3. The Kier molecular flexibility index (Phi) is 6.13. The second-order valence-electron chi connectivity index (χ2n) is 6.85. The van der Waals surface area contributed by atoms with Gasteiger partial charge in [0.1, 0.15) is 0 Å². The molecular formula is C21H26N4O3. The van der Waals surface area contributed by atoms with Gasteiger partial charge in [-0.25, -0.2) is 4.79 Å². The van der Waals surface area contributed by atoms with E-state index in [0.717, 1.165) is 35.7 Å². The van der Waals surface area contributed by atoms with Gasteiger partial charge >= 0.3 is 5.97 Å². The van der Waals surface area contributed by atoms with Gasteiger partial charge in [0, 0.05) is 56.2 Å². The lowest BCUT2D eigenvalue weighted by molar-refractivity contribution is -0.148. The number of esters is 1. The summed E-state index contributed by atoms with van der Waals surface area (Å²) in [7, 11) is 1.86. The molecule has 7 nitrogen and oxygen atoms in total. The highest BCUT2D eigenvalue weighted by Gasteiger charge is 2.21. The first kappa shape index (κ1) is 19.7. The van der Waals surface area contributed by atoms with Gasteiger partial charge in [0.25, 0.3) is 5.91 Å². The van der Waals surface area contributed by atoms with Crippen molar-refractivity contribution in [1.29, 1.82) is 0 Å². The van der Waals surface area contributed by atoms with Crippen molar-refractivity contribution >= 4 is 23.6 Å². The van der Waals surface area contributed by atoms with Crippen LogP contribution < -0.4 is 4.90 Å². The highest BCUT2D eigenvalue weighted by Crippen LogP contribution is 2.16. The van der Waals surface area contributed by atoms with E-state index < -0.39 is 5.97 Å². The number of aromatic nitrogens is 2. The Hall–Kier alpha value is -3.09. The number of nitrogens with zero attached hydrogens (tertiary/aromatic N) is 4. The summed E-state index contributed by atoms with van der Waals surface area (Å²) in [5.41, 5.74) is 3.86. The molecule has 0 spiro atoms. The minimum Gasteiger partial charge on any atom is -0.452 e. The van der Waals surface area contributed by atoms with E-state index in [1.54, 1.807) is 15.7 Å². The van der Waals surface area contributed by atoms with Gasteiger partial charge < -0.3 is 14.5 Å². The molecule has 0 atom stereocenters. The lowest BCUT2D eigenvalue weighted by Crippen LogP contribution is -2.49. The van der Waals surface area contributed by atoms with Crippen molar-refractivity contribution in [2.45, 2.75) is 13.8 Å². The molecule has 28 heavy (non-hydrogen) atoms. The lowest BCUT2D eigenvalue weighted by Gasteiger charge is -2.36. The van der Waals surface area contributed by atoms with Crippen LogP contribution in [0.2, 0.25) is 0 Å². The van der Waals surface area contributed by atoms with E-state index in [0.29, 0.717) is 13.1 Å². The maximum absolute atomic E-state index is 12.3. The summed E-state index contributed by atoms with van der Waals surface area (Å²) in [6, 6.07) is 10.1. The number of aryl methyl sites for hydroxylation is 2. The van der Waals surface area contributed by atoms with Crippen LogP contribution in [0.25, 0.3) is 6.08 Å². The zero-order valence-electron chi connectivity index (χ0n) is 16.6. The van der Waals surface area contributed by atoms with Crippen molar-refractivity contribution in [3.63, 3.8) is 0 Å². The van der Waals surface area contributed by atoms with Crippen LogP contribution in [0.1, 0.15) is 17.0 Å². The zero-order valence-corrected chi connectivity index (χ0v) is 16.6. The summed E-state index contributed by atoms with van der Waals surface area (Å²) >= 11 is 0. The van der Waals surface area contributed by atoms with Crippen LogP contribution in [0.15, 0.2) is 36.4 Å². The van der Waals surface area contributed by atoms with Crippen LogP contribution in [0.4, 0.5) is 5.69 Å². The van der Waals surface area contributed by atoms with Gasteiger partial charge in [-0.3, -0.25) is 9.48 Å². The highest BCUT2D eigenvalue weighted by atomic mass is 16.5. The van der Waals surface area contributed by atoms with Crippen LogP contribution in [0.3, 0.4) is 0 Å². The fourth-order valence-corrected chi connectivity index (χ4v) is 3.31. The fraction of sp³-hybridized carbons (Fsp3) is 0.381. The molecular weight excluding hydrogens is 356 g/mol. The SMILES string of the molecule is Cc1nn(C)c(C)c1/C=C/C(=O)OCC(=O)N1CCN(c2ccccc2)CC1. The van der Waals surface area contributed by atoms with Crippen LogP contribution in [-0.2, 0) is 21.4 Å². The number of ether oxygens (including phenoxy) is 1. The molecule has 1 aromatic heterocycles. The third kappa shape index (κ3) is 4.60. The quantitative estimate of drug-likeness (QED) is 0.584. The van der Waals surface area contributed by atoms with E-state index in [9.17, 15) is 9.59 Å². The van der Waals surface area contributed by atoms with Crippen molar-refractivity contribution < 1.29 is 14.3 Å². The molecule has 0 radical (unpaired) electrons. The van der Waals surface area contributed by atoms with Crippen molar-refractivity contribution in [1.82, 2.24) is 14.7 Å². The van der Waals surface area contributed by atoms with Crippen LogP contribution >= 0.6 is 0 Å². The molecule has 1 saturated heterocycles. The summed E-state index contributed by atoms with van der Waals surface area (Å²) in [4.78, 5) is 28.3. The number of benzene rings is 1. The summed E-state index contributed by atoms with van der Waals surface area (Å²) in [6.45, 7) is 6.36. The first-order valence-electron chi connectivity index (χ1n) is 9.38. The number of hydrogen-bond donors (Lipinski definition) is 0. The summed E-state index contributed by atoms with van der Waals surface area (Å²) in [5.74, 6) is -0.692. The summed E-state index contributed by atoms with van der Waals surface area (Å²) in [5, 5.41) is 4.30. The Morgan fingerprint density at radius 3 is 2.39 bits per heavy atom. The Bertz CT molecular complexity index is 865. The molecule has 0 N–H and O–H groups in total. The molecule has 148 valence electrons. The number of piperazine rings is 1. The Morgan fingerprint density at radius 2 is 1.79 bits per heavy atom. The second kappa shape index (κ2) is 8.73. The van der Waals surface area contributed by atoms with Crippen molar-refractivity contribution in [3.8, 4) is 0 Å². The normalized spacial score (nSPS) is 14.5. The van der Waals surface area contributed by atoms with Crippen LogP contribution in [0, 0.1) is 13.8 Å². The zero-order chi connectivity index (χ0) is 20.1. The maximum Gasteiger partial charge on any atom is 0.331 e. The number of para-hydroxylation sites is 1. The average Bonchev–Trinajstić information content (AvgIpc) is 2.96. The molecule has 0 unspecified atom stereocenters. The third-order valence-corrected chi connectivity index (χ3v) is 5.04. The topological polar surface area (TPSA) is 67.7 Å². The minimum absolute atomic E-state index is 0.164. The summed E-state index contributed by atoms with van der Waals surface area (Å²) in [6.07, 6.45) is 3.03. The number of rotatable bonds is 5. The highest BCUT2D eigenvalue weighted by molar-refractivity contribution is 5.89. The third-order valence-electron chi connectivity index (χ3n) is 5.04. The van der Waals surface area contributed by atoms with Gasteiger partial charge in [-0.05, 0) is 32.1 Å². The molecule has 1 aromatic carbocycles. The number of hydrogen-bond acceptors (Lipinski definition) is 5. The van der Waals surface area contributed by atoms with E-state index in [2.05, 4.69) is 22.1 Å². The first-order chi connectivity index (χ1) is 13.5. The first-order valence-corrected chi connectivity index (χ1v) is 9.38. The number of amides is 1. The molecule has 1 aliphatic rings. The Balaban J connectivity index is 1.45. The molecule has 2 aromatic rings. The molecule has 0 aliphatic carbocycles. The largest absolute Gasteiger partial charge is 0.452 e. The van der Waals surface area contributed by atoms with E-state index in [1.807, 2.05) is 39.1 Å². The Morgan fingerprint density at radius 1 is 1.11 bits per heavy atom. The Labute approximate surface area is 165 Å². The molecule has 7 heteroatoms. The number of carbonyl (C=O) groups is 2. The van der Waals surface area contributed by atoms with E-state index >= 15 is 0 Å². The molecule has 1 aliphatic heterocycles. The number of carbonyl (C=O) groups excluding carboxylic acids is 2. The molecule has 2 heterocycles. The van der Waals surface area contributed by atoms with Gasteiger partial charge in [-0.2, -0.15) is 5.10 Å². The molecule has 0 saturated carbocycles. The number of anilines is 1. The fourth-order valence-electron chi connectivity index (χ4n) is 3.31. The smallest absolute Gasteiger partial charge is 0.331 e. The predicted molar refractivity (Wildman–Crippen MR) is 108 cm³/mol. The summed E-state index contributed by atoms with van der Waals surface area (Å²) < 4.78 is 6.88. The van der Waals surface area contributed by atoms with Gasteiger partial charge in [-0.1, -0.05) is 18.2 Å². The predicted octanol–water partition coefficient (Wildman–Crippen LogP) is 1.94. The molecule has 0 bridgehead atoms. The van der Waals surface area contributed by atoms with Gasteiger partial charge in [-0.15, -0.1) is 0 Å². The molecule has 3 rings (SSSR count). The van der Waals surface area contributed by atoms with E-state index in [4.69, 9.17) is 4.74 Å². The van der Waals surface area contributed by atoms with Crippen molar-refractivity contribution in [2.24, 2.45) is 7.05 Å². The standard InChI is InChI=1S/C21H26N4O3/c1-16-19(17(2)23(3)22-16)9-10-21(27)28-15-20(26)25-13-11-24(12-14-25)18-7-5-4-6-8-18/h4-10H,11-15H2,1-3H3/b10-9+. The van der Waals surface area contributed by atoms with Gasteiger partial charge in [0.15, 0.2) is 6.61 Å².